The summed E-state index contributed by atoms with van der Waals surface area (Å²) < 4.78 is 0. The molecular weight excluding hydrogens is 607 g/mol. The molecule has 0 amide bonds. The normalized spacial score (nSPS) is 11.2. The summed E-state index contributed by atoms with van der Waals surface area (Å²) in [5, 5.41) is 4.93. The van der Waals surface area contributed by atoms with Crippen LogP contribution in [0, 0.1) is 0 Å². The molecule has 0 aliphatic rings. The fraction of sp³-hybridized carbons (Fsp3) is 0. The first-order valence-corrected chi connectivity index (χ1v) is 16.8. The minimum atomic E-state index is 0.689. The third kappa shape index (κ3) is 5.61. The molecule has 0 spiro atoms. The molecule has 7 aromatic carbocycles. The number of aromatic nitrogens is 3. The summed E-state index contributed by atoms with van der Waals surface area (Å²) in [7, 11) is 0. The van der Waals surface area contributed by atoms with Gasteiger partial charge in [0, 0.05) is 29.1 Å². The summed E-state index contributed by atoms with van der Waals surface area (Å²) in [5.41, 5.74) is 11.7. The molecule has 0 aliphatic heterocycles. The van der Waals surface area contributed by atoms with E-state index in [1.54, 1.807) is 6.20 Å². The summed E-state index contributed by atoms with van der Waals surface area (Å²) in [6.07, 6.45) is 3.69. The Morgan fingerprint density at radius 2 is 0.840 bits per heavy atom. The molecule has 2 aromatic heterocycles. The van der Waals surface area contributed by atoms with E-state index >= 15 is 0 Å². The molecule has 0 radical (unpaired) electrons. The zero-order valence-corrected chi connectivity index (χ0v) is 27.2. The Morgan fingerprint density at radius 1 is 0.320 bits per heavy atom. The van der Waals surface area contributed by atoms with Gasteiger partial charge < -0.3 is 0 Å². The maximum Gasteiger partial charge on any atom is 0.160 e. The van der Waals surface area contributed by atoms with Crippen LogP contribution in [0.5, 0.6) is 0 Å². The number of rotatable bonds is 6. The van der Waals surface area contributed by atoms with Crippen LogP contribution in [0.4, 0.5) is 0 Å². The van der Waals surface area contributed by atoms with Gasteiger partial charge in [0.1, 0.15) is 0 Å². The summed E-state index contributed by atoms with van der Waals surface area (Å²) >= 11 is 0. The van der Waals surface area contributed by atoms with Crippen LogP contribution in [0.15, 0.2) is 188 Å². The van der Waals surface area contributed by atoms with Crippen molar-refractivity contribution in [2.45, 2.75) is 0 Å². The van der Waals surface area contributed by atoms with E-state index in [2.05, 4.69) is 175 Å². The topological polar surface area (TPSA) is 38.7 Å². The van der Waals surface area contributed by atoms with Crippen molar-refractivity contribution in [1.82, 2.24) is 15.0 Å². The molecule has 0 saturated heterocycles. The highest BCUT2D eigenvalue weighted by molar-refractivity contribution is 5.98. The van der Waals surface area contributed by atoms with E-state index in [1.165, 1.54) is 32.7 Å². The lowest BCUT2D eigenvalue weighted by molar-refractivity contribution is 1.18. The Labute approximate surface area is 291 Å². The quantitative estimate of drug-likeness (QED) is 0.182. The first-order chi connectivity index (χ1) is 24.8. The zero-order chi connectivity index (χ0) is 33.3. The molecule has 9 rings (SSSR count). The second-order valence-corrected chi connectivity index (χ2v) is 12.5. The Morgan fingerprint density at radius 3 is 1.52 bits per heavy atom. The van der Waals surface area contributed by atoms with Crippen LogP contribution in [0.1, 0.15) is 0 Å². The highest BCUT2D eigenvalue weighted by Gasteiger charge is 2.13. The van der Waals surface area contributed by atoms with Crippen LogP contribution in [-0.4, -0.2) is 15.0 Å². The van der Waals surface area contributed by atoms with Crippen molar-refractivity contribution in [1.29, 1.82) is 0 Å². The summed E-state index contributed by atoms with van der Waals surface area (Å²) in [4.78, 5) is 14.6. The largest absolute Gasteiger partial charge is 0.264 e. The Hall–Kier alpha value is -6.71. The minimum Gasteiger partial charge on any atom is -0.264 e. The van der Waals surface area contributed by atoms with Crippen molar-refractivity contribution in [2.75, 3.05) is 0 Å². The van der Waals surface area contributed by atoms with E-state index in [9.17, 15) is 0 Å². The molecule has 3 heteroatoms. The summed E-state index contributed by atoms with van der Waals surface area (Å²) in [6, 6.07) is 62.0. The molecule has 0 saturated carbocycles. The average molecular weight is 638 g/mol. The van der Waals surface area contributed by atoms with Crippen LogP contribution in [-0.2, 0) is 0 Å². The molecule has 3 nitrogen and oxygen atoms in total. The smallest absolute Gasteiger partial charge is 0.160 e. The average Bonchev–Trinajstić information content (AvgIpc) is 3.21. The Bertz CT molecular complexity index is 2620. The first-order valence-electron chi connectivity index (χ1n) is 16.8. The molecule has 234 valence electrons. The van der Waals surface area contributed by atoms with Crippen LogP contribution < -0.4 is 0 Å². The van der Waals surface area contributed by atoms with Gasteiger partial charge in [-0.1, -0.05) is 158 Å². The Kier molecular flexibility index (Phi) is 7.49. The third-order valence-corrected chi connectivity index (χ3v) is 9.40. The summed E-state index contributed by atoms with van der Waals surface area (Å²) in [5.74, 6) is 0.689. The van der Waals surface area contributed by atoms with E-state index in [0.29, 0.717) is 5.82 Å². The van der Waals surface area contributed by atoms with Crippen molar-refractivity contribution < 1.29 is 0 Å². The molecule has 0 atom stereocenters. The number of hydrogen-bond donors (Lipinski definition) is 0. The highest BCUT2D eigenvalue weighted by Crippen LogP contribution is 2.35. The maximum absolute atomic E-state index is 5.19. The van der Waals surface area contributed by atoms with E-state index in [0.717, 1.165) is 50.3 Å². The number of nitrogens with zero attached hydrogens (tertiary/aromatic N) is 3. The van der Waals surface area contributed by atoms with Crippen LogP contribution in [0.3, 0.4) is 0 Å². The van der Waals surface area contributed by atoms with Crippen molar-refractivity contribution in [3.05, 3.63) is 188 Å². The molecule has 0 aliphatic carbocycles. The molecule has 9 aromatic rings. The lowest BCUT2D eigenvalue weighted by Crippen LogP contribution is -1.96. The lowest BCUT2D eigenvalue weighted by atomic mass is 9.96. The van der Waals surface area contributed by atoms with E-state index < -0.39 is 0 Å². The lowest BCUT2D eigenvalue weighted by Gasteiger charge is -2.12. The molecule has 50 heavy (non-hydrogen) atoms. The molecule has 0 fully saturated rings. The van der Waals surface area contributed by atoms with Crippen LogP contribution in [0.25, 0.3) is 88.8 Å². The summed E-state index contributed by atoms with van der Waals surface area (Å²) in [6.45, 7) is 0. The SMILES string of the molecule is c1cncc(-c2ccc(-c3cc(-c4cccc(-c5cccc6ccccc56)c4)nc(-c4ccc(-c5cccc6ccccc56)cc4)n3)cc2)c1. The molecule has 2 heterocycles. The molecule has 0 bridgehead atoms. The fourth-order valence-corrected chi connectivity index (χ4v) is 6.84. The van der Waals surface area contributed by atoms with Gasteiger partial charge in [-0.25, -0.2) is 9.97 Å². The predicted octanol–water partition coefficient (Wildman–Crippen LogP) is 12.2. The zero-order valence-electron chi connectivity index (χ0n) is 27.2. The van der Waals surface area contributed by atoms with Gasteiger partial charge in [-0.3, -0.25) is 4.98 Å². The van der Waals surface area contributed by atoms with E-state index in [-0.39, 0.29) is 0 Å². The monoisotopic (exact) mass is 637 g/mol. The number of benzene rings is 7. The minimum absolute atomic E-state index is 0.689. The third-order valence-electron chi connectivity index (χ3n) is 9.40. The second-order valence-electron chi connectivity index (χ2n) is 12.5. The number of hydrogen-bond acceptors (Lipinski definition) is 3. The van der Waals surface area contributed by atoms with Crippen molar-refractivity contribution >= 4 is 21.5 Å². The van der Waals surface area contributed by atoms with Gasteiger partial charge in [-0.05, 0) is 73.1 Å². The van der Waals surface area contributed by atoms with Gasteiger partial charge in [0.15, 0.2) is 5.82 Å². The van der Waals surface area contributed by atoms with Gasteiger partial charge in [-0.2, -0.15) is 0 Å². The van der Waals surface area contributed by atoms with Crippen molar-refractivity contribution in [3.63, 3.8) is 0 Å². The second kappa shape index (κ2) is 12.7. The predicted molar refractivity (Wildman–Crippen MR) is 207 cm³/mol. The fourth-order valence-electron chi connectivity index (χ4n) is 6.84. The number of pyridine rings is 1. The van der Waals surface area contributed by atoms with Crippen molar-refractivity contribution in [2.24, 2.45) is 0 Å². The van der Waals surface area contributed by atoms with Crippen LogP contribution >= 0.6 is 0 Å². The number of fused-ring (bicyclic) bond motifs is 2. The maximum atomic E-state index is 5.19. The van der Waals surface area contributed by atoms with Gasteiger partial charge in [0.05, 0.1) is 11.4 Å². The van der Waals surface area contributed by atoms with Gasteiger partial charge in [0.2, 0.25) is 0 Å². The van der Waals surface area contributed by atoms with Crippen LogP contribution in [0.2, 0.25) is 0 Å². The van der Waals surface area contributed by atoms with Gasteiger partial charge >= 0.3 is 0 Å². The molecule has 0 N–H and O–H groups in total. The first kappa shape index (κ1) is 29.4. The van der Waals surface area contributed by atoms with Crippen molar-refractivity contribution in [3.8, 4) is 67.3 Å². The standard InChI is InChI=1S/C47H31N3/c1-3-16-41-33(9-1)11-6-18-43(41)35-22-26-37(27-23-35)47-49-45(36-24-20-32(21-25-36)40-15-8-28-48-31-40)30-46(50-47)39-14-5-13-38(29-39)44-19-7-12-34-10-2-4-17-42(34)44/h1-31H. The van der Waals surface area contributed by atoms with E-state index in [4.69, 9.17) is 9.97 Å². The Balaban J connectivity index is 1.15. The molecule has 0 unspecified atom stereocenters. The van der Waals surface area contributed by atoms with Gasteiger partial charge in [-0.15, -0.1) is 0 Å². The highest BCUT2D eigenvalue weighted by atomic mass is 14.9. The van der Waals surface area contributed by atoms with E-state index in [1.807, 2.05) is 12.3 Å². The van der Waals surface area contributed by atoms with Gasteiger partial charge in [0.25, 0.3) is 0 Å². The molecular formula is C47H31N3.